The van der Waals surface area contributed by atoms with Gasteiger partial charge < -0.3 is 9.47 Å². The SMILES string of the molecule is CCOC(=O)c1nnn(CC(=O)N2N=C(c3ccccc3)CC2c2ccc([N+](=O)[O-])cc2)c1C(=O)OCC. The first-order chi connectivity index (χ1) is 18.3. The minimum atomic E-state index is -0.879. The van der Waals surface area contributed by atoms with Gasteiger partial charge in [-0.15, -0.1) is 5.10 Å². The molecule has 3 aromatic rings. The molecule has 1 aliphatic heterocycles. The van der Waals surface area contributed by atoms with Crippen molar-refractivity contribution in [2.75, 3.05) is 13.2 Å². The molecular formula is C25H24N6O7. The molecule has 13 heteroatoms. The quantitative estimate of drug-likeness (QED) is 0.235. The number of ether oxygens (including phenoxy) is 2. The number of nitro groups is 1. The van der Waals surface area contributed by atoms with Crippen LogP contribution >= 0.6 is 0 Å². The van der Waals surface area contributed by atoms with Gasteiger partial charge in [0.15, 0.2) is 5.69 Å². The Kier molecular flexibility index (Phi) is 7.85. The first-order valence-electron chi connectivity index (χ1n) is 11.8. The van der Waals surface area contributed by atoms with Gasteiger partial charge in [0.25, 0.3) is 11.6 Å². The molecule has 196 valence electrons. The van der Waals surface area contributed by atoms with Crippen molar-refractivity contribution < 1.29 is 28.8 Å². The van der Waals surface area contributed by atoms with Gasteiger partial charge in [-0.1, -0.05) is 47.7 Å². The first kappa shape index (κ1) is 26.1. The lowest BCUT2D eigenvalue weighted by atomic mass is 9.98. The molecule has 13 nitrogen and oxygen atoms in total. The number of rotatable bonds is 9. The zero-order chi connectivity index (χ0) is 27.2. The molecule has 0 fully saturated rings. The van der Waals surface area contributed by atoms with Crippen molar-refractivity contribution in [3.8, 4) is 0 Å². The molecule has 4 rings (SSSR count). The molecule has 0 bridgehead atoms. The van der Waals surface area contributed by atoms with E-state index in [1.165, 1.54) is 17.1 Å². The summed E-state index contributed by atoms with van der Waals surface area (Å²) in [6.45, 7) is 2.80. The molecule has 1 atom stereocenters. The van der Waals surface area contributed by atoms with Crippen LogP contribution in [-0.2, 0) is 20.8 Å². The highest BCUT2D eigenvalue weighted by Crippen LogP contribution is 2.34. The van der Waals surface area contributed by atoms with Gasteiger partial charge in [0.1, 0.15) is 6.54 Å². The fourth-order valence-corrected chi connectivity index (χ4v) is 3.99. The van der Waals surface area contributed by atoms with E-state index in [0.717, 1.165) is 10.2 Å². The van der Waals surface area contributed by atoms with Gasteiger partial charge in [-0.05, 0) is 25.0 Å². The maximum Gasteiger partial charge on any atom is 0.361 e. The number of nitro benzene ring substituents is 1. The number of hydrogen-bond donors (Lipinski definition) is 0. The summed E-state index contributed by atoms with van der Waals surface area (Å²) in [4.78, 5) is 49.1. The number of benzene rings is 2. The average Bonchev–Trinajstić information content (AvgIpc) is 3.55. The van der Waals surface area contributed by atoms with Crippen molar-refractivity contribution in [3.63, 3.8) is 0 Å². The van der Waals surface area contributed by atoms with Crippen LogP contribution in [0.2, 0.25) is 0 Å². The zero-order valence-corrected chi connectivity index (χ0v) is 20.6. The van der Waals surface area contributed by atoms with Crippen molar-refractivity contribution in [3.05, 3.63) is 87.2 Å². The smallest absolute Gasteiger partial charge is 0.361 e. The third-order valence-corrected chi connectivity index (χ3v) is 5.72. The third kappa shape index (κ3) is 5.40. The first-order valence-corrected chi connectivity index (χ1v) is 11.8. The molecule has 0 aliphatic carbocycles. The number of hydrogen-bond acceptors (Lipinski definition) is 10. The molecule has 0 N–H and O–H groups in total. The number of amides is 1. The summed E-state index contributed by atoms with van der Waals surface area (Å²) in [5.41, 5.74) is 1.33. The molecule has 0 spiro atoms. The third-order valence-electron chi connectivity index (χ3n) is 5.72. The summed E-state index contributed by atoms with van der Waals surface area (Å²) < 4.78 is 11.0. The summed E-state index contributed by atoms with van der Waals surface area (Å²) in [6, 6.07) is 14.6. The lowest BCUT2D eigenvalue weighted by Crippen LogP contribution is -2.32. The van der Waals surface area contributed by atoms with Crippen molar-refractivity contribution in [1.82, 2.24) is 20.0 Å². The van der Waals surface area contributed by atoms with E-state index >= 15 is 0 Å². The van der Waals surface area contributed by atoms with Crippen LogP contribution in [0.5, 0.6) is 0 Å². The van der Waals surface area contributed by atoms with Gasteiger partial charge in [0, 0.05) is 18.6 Å². The van der Waals surface area contributed by atoms with Crippen LogP contribution in [0.4, 0.5) is 5.69 Å². The molecule has 38 heavy (non-hydrogen) atoms. The molecular weight excluding hydrogens is 496 g/mol. The highest BCUT2D eigenvalue weighted by Gasteiger charge is 2.35. The monoisotopic (exact) mass is 520 g/mol. The second-order valence-electron chi connectivity index (χ2n) is 8.10. The molecule has 2 aromatic carbocycles. The predicted octanol–water partition coefficient (Wildman–Crippen LogP) is 2.92. The Balaban J connectivity index is 1.68. The van der Waals surface area contributed by atoms with Crippen LogP contribution in [0.15, 0.2) is 59.7 Å². The van der Waals surface area contributed by atoms with E-state index < -0.39 is 35.4 Å². The fraction of sp³-hybridized carbons (Fsp3) is 0.280. The summed E-state index contributed by atoms with van der Waals surface area (Å²) in [6.07, 6.45) is 0.351. The van der Waals surface area contributed by atoms with Gasteiger partial charge in [0.2, 0.25) is 5.69 Å². The Morgan fingerprint density at radius 3 is 2.29 bits per heavy atom. The Hall–Kier alpha value is -4.94. The van der Waals surface area contributed by atoms with Gasteiger partial charge in [-0.25, -0.2) is 19.3 Å². The number of hydrazone groups is 1. The van der Waals surface area contributed by atoms with E-state index in [2.05, 4.69) is 15.4 Å². The van der Waals surface area contributed by atoms with Crippen molar-refractivity contribution in [1.29, 1.82) is 0 Å². The molecule has 1 aliphatic rings. The maximum absolute atomic E-state index is 13.5. The fourth-order valence-electron chi connectivity index (χ4n) is 3.99. The molecule has 2 heterocycles. The molecule has 0 saturated carbocycles. The molecule has 1 unspecified atom stereocenters. The highest BCUT2D eigenvalue weighted by molar-refractivity contribution is 6.03. The molecule has 0 radical (unpaired) electrons. The molecule has 1 amide bonds. The van der Waals surface area contributed by atoms with E-state index in [0.29, 0.717) is 17.7 Å². The van der Waals surface area contributed by atoms with Crippen molar-refractivity contribution in [2.45, 2.75) is 32.9 Å². The zero-order valence-electron chi connectivity index (χ0n) is 20.6. The minimum Gasteiger partial charge on any atom is -0.461 e. The number of esters is 2. The van der Waals surface area contributed by atoms with Crippen molar-refractivity contribution in [2.24, 2.45) is 5.10 Å². The summed E-state index contributed by atoms with van der Waals surface area (Å²) in [5.74, 6) is -2.30. The van der Waals surface area contributed by atoms with E-state index in [-0.39, 0.29) is 30.3 Å². The number of aromatic nitrogens is 3. The number of non-ortho nitro benzene ring substituents is 1. The predicted molar refractivity (Wildman–Crippen MR) is 132 cm³/mol. The summed E-state index contributed by atoms with van der Waals surface area (Å²) in [7, 11) is 0. The molecule has 0 saturated heterocycles. The van der Waals surface area contributed by atoms with Crippen LogP contribution in [-0.4, -0.2) is 61.7 Å². The van der Waals surface area contributed by atoms with E-state index in [9.17, 15) is 24.5 Å². The van der Waals surface area contributed by atoms with Crippen molar-refractivity contribution >= 4 is 29.2 Å². The standard InChI is InChI=1S/C25H24N6O7/c1-3-37-24(33)22-23(25(34)38-4-2)29(28-26-22)15-21(32)30-20(17-10-12-18(13-11-17)31(35)36)14-19(27-30)16-8-6-5-7-9-16/h5-13,20H,3-4,14-15H2,1-2H3. The van der Waals surface area contributed by atoms with E-state index in [1.807, 2.05) is 30.3 Å². The van der Waals surface area contributed by atoms with Gasteiger partial charge in [0.05, 0.1) is 29.9 Å². The molecule has 1 aromatic heterocycles. The lowest BCUT2D eigenvalue weighted by molar-refractivity contribution is -0.384. The summed E-state index contributed by atoms with van der Waals surface area (Å²) >= 11 is 0. The second kappa shape index (κ2) is 11.4. The topological polar surface area (TPSA) is 159 Å². The lowest BCUT2D eigenvalue weighted by Gasteiger charge is -2.22. The normalized spacial score (nSPS) is 14.6. The van der Waals surface area contributed by atoms with Crippen LogP contribution in [0.1, 0.15) is 58.4 Å². The Labute approximate surface area is 216 Å². The largest absolute Gasteiger partial charge is 0.461 e. The van der Waals surface area contributed by atoms with Crippen LogP contribution in [0, 0.1) is 10.1 Å². The van der Waals surface area contributed by atoms with Crippen LogP contribution in [0.3, 0.4) is 0 Å². The highest BCUT2D eigenvalue weighted by atomic mass is 16.6. The number of carbonyl (C=O) groups excluding carboxylic acids is 3. The van der Waals surface area contributed by atoms with Gasteiger partial charge in [-0.2, -0.15) is 5.10 Å². The Morgan fingerprint density at radius 2 is 1.66 bits per heavy atom. The van der Waals surface area contributed by atoms with Gasteiger partial charge >= 0.3 is 11.9 Å². The Bertz CT molecular complexity index is 1380. The van der Waals surface area contributed by atoms with Gasteiger partial charge in [-0.3, -0.25) is 14.9 Å². The van der Waals surface area contributed by atoms with E-state index in [4.69, 9.17) is 9.47 Å². The van der Waals surface area contributed by atoms with Crippen LogP contribution < -0.4 is 0 Å². The maximum atomic E-state index is 13.5. The minimum absolute atomic E-state index is 0.0271. The van der Waals surface area contributed by atoms with E-state index in [1.54, 1.807) is 26.0 Å². The number of nitrogens with zero attached hydrogens (tertiary/aromatic N) is 6. The second-order valence-corrected chi connectivity index (χ2v) is 8.10. The average molecular weight is 521 g/mol. The van der Waals surface area contributed by atoms with Crippen LogP contribution in [0.25, 0.3) is 0 Å². The summed E-state index contributed by atoms with van der Waals surface area (Å²) in [5, 5.41) is 24.5. The Morgan fingerprint density at radius 1 is 1.00 bits per heavy atom. The number of carbonyl (C=O) groups is 3.